The number of amides is 2. The molecule has 1 unspecified atom stereocenters. The van der Waals surface area contributed by atoms with Crippen molar-refractivity contribution in [2.75, 3.05) is 13.2 Å². The minimum absolute atomic E-state index is 0.114. The highest BCUT2D eigenvalue weighted by molar-refractivity contribution is 5.98. The molecule has 0 radical (unpaired) electrons. The number of hydrogen-bond acceptors (Lipinski definition) is 4. The van der Waals surface area contributed by atoms with Gasteiger partial charge in [-0.15, -0.1) is 0 Å². The molecule has 1 N–H and O–H groups in total. The van der Waals surface area contributed by atoms with E-state index in [4.69, 9.17) is 9.84 Å². The van der Waals surface area contributed by atoms with Crippen molar-refractivity contribution in [1.29, 1.82) is 0 Å². The topological polar surface area (TPSA) is 83.9 Å². The molecule has 1 atom stereocenters. The van der Waals surface area contributed by atoms with E-state index in [9.17, 15) is 14.4 Å². The number of carbonyl (C=O) groups excluding carboxylic acids is 2. The van der Waals surface area contributed by atoms with Crippen LogP contribution in [0.15, 0.2) is 30.3 Å². The van der Waals surface area contributed by atoms with Crippen LogP contribution in [-0.2, 0) is 19.1 Å². The smallest absolute Gasteiger partial charge is 0.303 e. The molecule has 1 saturated heterocycles. The van der Waals surface area contributed by atoms with Crippen molar-refractivity contribution in [2.24, 2.45) is 0 Å². The van der Waals surface area contributed by atoms with Gasteiger partial charge in [0.15, 0.2) is 0 Å². The highest BCUT2D eigenvalue weighted by atomic mass is 16.5. The van der Waals surface area contributed by atoms with Crippen LogP contribution in [0.4, 0.5) is 0 Å². The zero-order valence-electron chi connectivity index (χ0n) is 10.8. The highest BCUT2D eigenvalue weighted by Crippen LogP contribution is 2.27. The number of imide groups is 1. The van der Waals surface area contributed by atoms with Gasteiger partial charge in [-0.3, -0.25) is 19.3 Å². The Labute approximate surface area is 115 Å². The van der Waals surface area contributed by atoms with E-state index in [-0.39, 0.29) is 26.1 Å². The van der Waals surface area contributed by atoms with Crippen LogP contribution in [-0.4, -0.2) is 41.0 Å². The predicted molar refractivity (Wildman–Crippen MR) is 68.7 cm³/mol. The Bertz CT molecular complexity index is 498. The molecule has 0 aliphatic carbocycles. The van der Waals surface area contributed by atoms with Crippen LogP contribution >= 0.6 is 0 Å². The molecule has 1 aliphatic rings. The summed E-state index contributed by atoms with van der Waals surface area (Å²) in [4.78, 5) is 35.7. The van der Waals surface area contributed by atoms with Crippen molar-refractivity contribution in [2.45, 2.75) is 18.9 Å². The Morgan fingerprint density at radius 2 is 1.80 bits per heavy atom. The summed E-state index contributed by atoms with van der Waals surface area (Å²) in [6.07, 6.45) is 0.0777. The van der Waals surface area contributed by atoms with Crippen LogP contribution < -0.4 is 0 Å². The first kappa shape index (κ1) is 14.2. The van der Waals surface area contributed by atoms with E-state index in [1.54, 1.807) is 24.3 Å². The summed E-state index contributed by atoms with van der Waals surface area (Å²) in [5, 5.41) is 8.83. The van der Waals surface area contributed by atoms with E-state index in [2.05, 4.69) is 0 Å². The number of carbonyl (C=O) groups is 3. The quantitative estimate of drug-likeness (QED) is 0.811. The molecule has 0 saturated carbocycles. The fourth-order valence-electron chi connectivity index (χ4n) is 2.23. The van der Waals surface area contributed by atoms with Gasteiger partial charge in [-0.1, -0.05) is 30.3 Å². The number of ether oxygens (including phenoxy) is 1. The molecule has 0 bridgehead atoms. The number of carboxylic acids is 1. The van der Waals surface area contributed by atoms with Gasteiger partial charge >= 0.3 is 5.97 Å². The van der Waals surface area contributed by atoms with Gasteiger partial charge in [0.2, 0.25) is 0 Å². The third kappa shape index (κ3) is 3.21. The van der Waals surface area contributed by atoms with Crippen molar-refractivity contribution in [1.82, 2.24) is 4.90 Å². The second kappa shape index (κ2) is 6.29. The van der Waals surface area contributed by atoms with E-state index in [0.29, 0.717) is 0 Å². The average molecular weight is 277 g/mol. The summed E-state index contributed by atoms with van der Waals surface area (Å²) < 4.78 is 4.88. The van der Waals surface area contributed by atoms with E-state index in [1.165, 1.54) is 0 Å². The summed E-state index contributed by atoms with van der Waals surface area (Å²) >= 11 is 0. The SMILES string of the molecule is O=C(O)CCC(c1ccccc1)N1C(=O)COCC1=O. The van der Waals surface area contributed by atoms with Crippen molar-refractivity contribution in [3.05, 3.63) is 35.9 Å². The lowest BCUT2D eigenvalue weighted by atomic mass is 9.99. The van der Waals surface area contributed by atoms with Gasteiger partial charge in [0.1, 0.15) is 13.2 Å². The first-order chi connectivity index (χ1) is 9.59. The summed E-state index contributed by atoms with van der Waals surface area (Å²) in [6, 6.07) is 8.40. The lowest BCUT2D eigenvalue weighted by Crippen LogP contribution is -2.48. The molecule has 20 heavy (non-hydrogen) atoms. The van der Waals surface area contributed by atoms with E-state index in [1.807, 2.05) is 6.07 Å². The molecule has 1 aliphatic heterocycles. The first-order valence-electron chi connectivity index (χ1n) is 6.29. The number of hydrogen-bond donors (Lipinski definition) is 1. The normalized spacial score (nSPS) is 17.1. The number of aliphatic carboxylic acids is 1. The van der Waals surface area contributed by atoms with Gasteiger partial charge in [0.05, 0.1) is 6.04 Å². The molecule has 0 spiro atoms. The van der Waals surface area contributed by atoms with Gasteiger partial charge in [-0.25, -0.2) is 0 Å². The Balaban J connectivity index is 2.27. The Morgan fingerprint density at radius 1 is 1.20 bits per heavy atom. The van der Waals surface area contributed by atoms with E-state index >= 15 is 0 Å². The molecule has 1 heterocycles. The summed E-state index contributed by atoms with van der Waals surface area (Å²) in [5.74, 6) is -1.82. The van der Waals surface area contributed by atoms with Crippen LogP contribution in [0.25, 0.3) is 0 Å². The van der Waals surface area contributed by atoms with E-state index < -0.39 is 23.8 Å². The number of nitrogens with zero attached hydrogens (tertiary/aromatic N) is 1. The fourth-order valence-corrected chi connectivity index (χ4v) is 2.23. The minimum atomic E-state index is -0.959. The highest BCUT2D eigenvalue weighted by Gasteiger charge is 2.34. The van der Waals surface area contributed by atoms with Crippen LogP contribution in [0.5, 0.6) is 0 Å². The van der Waals surface area contributed by atoms with Gasteiger partial charge in [0.25, 0.3) is 11.8 Å². The van der Waals surface area contributed by atoms with Crippen molar-refractivity contribution in [3.8, 4) is 0 Å². The van der Waals surface area contributed by atoms with Gasteiger partial charge < -0.3 is 9.84 Å². The van der Waals surface area contributed by atoms with E-state index in [0.717, 1.165) is 10.5 Å². The van der Waals surface area contributed by atoms with Crippen molar-refractivity contribution >= 4 is 17.8 Å². The second-order valence-electron chi connectivity index (χ2n) is 4.51. The molecule has 6 heteroatoms. The van der Waals surface area contributed by atoms with Crippen molar-refractivity contribution < 1.29 is 24.2 Å². The Hall–Kier alpha value is -2.21. The van der Waals surface area contributed by atoms with Crippen LogP contribution in [0, 0.1) is 0 Å². The van der Waals surface area contributed by atoms with Crippen LogP contribution in [0.1, 0.15) is 24.4 Å². The Morgan fingerprint density at radius 3 is 2.35 bits per heavy atom. The summed E-state index contributed by atoms with van der Waals surface area (Å²) in [6.45, 7) is -0.301. The Kier molecular flexibility index (Phi) is 4.47. The summed E-state index contributed by atoms with van der Waals surface area (Å²) in [5.41, 5.74) is 0.748. The lowest BCUT2D eigenvalue weighted by Gasteiger charge is -2.32. The molecule has 2 rings (SSSR count). The number of rotatable bonds is 5. The number of morpholine rings is 1. The standard InChI is InChI=1S/C14H15NO5/c16-12-8-20-9-13(17)15(12)11(6-7-14(18)19)10-4-2-1-3-5-10/h1-5,11H,6-9H2,(H,18,19). The fraction of sp³-hybridized carbons (Fsp3) is 0.357. The van der Waals surface area contributed by atoms with Crippen molar-refractivity contribution in [3.63, 3.8) is 0 Å². The molecule has 106 valence electrons. The average Bonchev–Trinajstić information content (AvgIpc) is 2.42. The molecule has 1 aromatic carbocycles. The first-order valence-corrected chi connectivity index (χ1v) is 6.29. The third-order valence-electron chi connectivity index (χ3n) is 3.12. The van der Waals surface area contributed by atoms with Gasteiger partial charge in [-0.2, -0.15) is 0 Å². The second-order valence-corrected chi connectivity index (χ2v) is 4.51. The maximum absolute atomic E-state index is 11.9. The summed E-state index contributed by atoms with van der Waals surface area (Å²) in [7, 11) is 0. The zero-order chi connectivity index (χ0) is 14.5. The molecule has 2 amide bonds. The lowest BCUT2D eigenvalue weighted by molar-refractivity contribution is -0.162. The molecule has 1 fully saturated rings. The molecule has 1 aromatic rings. The van der Waals surface area contributed by atoms with Crippen LogP contribution in [0.3, 0.4) is 0 Å². The minimum Gasteiger partial charge on any atom is -0.481 e. The van der Waals surface area contributed by atoms with Crippen LogP contribution in [0.2, 0.25) is 0 Å². The van der Waals surface area contributed by atoms with Gasteiger partial charge in [0, 0.05) is 6.42 Å². The zero-order valence-corrected chi connectivity index (χ0v) is 10.8. The maximum atomic E-state index is 11.9. The molecular weight excluding hydrogens is 262 g/mol. The molecule has 6 nitrogen and oxygen atoms in total. The maximum Gasteiger partial charge on any atom is 0.303 e. The largest absolute Gasteiger partial charge is 0.481 e. The predicted octanol–water partition coefficient (Wildman–Crippen LogP) is 0.978. The molecule has 0 aromatic heterocycles. The monoisotopic (exact) mass is 277 g/mol. The molecular formula is C14H15NO5. The number of benzene rings is 1. The van der Waals surface area contributed by atoms with Gasteiger partial charge in [-0.05, 0) is 12.0 Å². The third-order valence-corrected chi connectivity index (χ3v) is 3.12. The number of carboxylic acid groups (broad SMARTS) is 1.